The van der Waals surface area contributed by atoms with E-state index in [0.29, 0.717) is 4.87 Å². The first-order valence-corrected chi connectivity index (χ1v) is 5.89. The second-order valence-corrected chi connectivity index (χ2v) is 5.95. The van der Waals surface area contributed by atoms with Crippen molar-refractivity contribution in [1.29, 1.82) is 0 Å². The predicted molar refractivity (Wildman–Crippen MR) is 57.5 cm³/mol. The van der Waals surface area contributed by atoms with E-state index in [-0.39, 0.29) is 0 Å². The predicted octanol–water partition coefficient (Wildman–Crippen LogP) is 2.86. The molecule has 0 spiro atoms. The molecule has 0 bridgehead atoms. The summed E-state index contributed by atoms with van der Waals surface area (Å²) in [5, 5.41) is 4.46. The fourth-order valence-electron chi connectivity index (χ4n) is 1.72. The van der Waals surface area contributed by atoms with Gasteiger partial charge in [-0.25, -0.2) is 0 Å². The Morgan fingerprint density at radius 2 is 2.33 bits per heavy atom. The molecule has 0 radical (unpaired) electrons. The highest BCUT2D eigenvalue weighted by Gasteiger charge is 2.34. The third-order valence-corrected chi connectivity index (χ3v) is 4.70. The smallest absolute Gasteiger partial charge is 0.0645 e. The molecule has 72 valence electrons. The monoisotopic (exact) mass is 187 g/mol. The lowest BCUT2D eigenvalue weighted by Crippen LogP contribution is -2.49. The molecule has 1 aliphatic heterocycles. The van der Waals surface area contributed by atoms with Gasteiger partial charge >= 0.3 is 0 Å². The van der Waals surface area contributed by atoms with E-state index in [1.54, 1.807) is 0 Å². The largest absolute Gasteiger partial charge is 0.303 e. The molecule has 12 heavy (non-hydrogen) atoms. The van der Waals surface area contributed by atoms with Crippen LogP contribution in [0.25, 0.3) is 0 Å². The molecule has 0 aromatic rings. The SMILES string of the molecule is CCC(C)C1(C)NCCC(C)S1. The molecule has 1 fully saturated rings. The molecule has 3 unspecified atom stereocenters. The Morgan fingerprint density at radius 3 is 2.83 bits per heavy atom. The second kappa shape index (κ2) is 4.01. The van der Waals surface area contributed by atoms with Crippen LogP contribution in [0.5, 0.6) is 0 Å². The van der Waals surface area contributed by atoms with Gasteiger partial charge in [0.2, 0.25) is 0 Å². The summed E-state index contributed by atoms with van der Waals surface area (Å²) >= 11 is 2.11. The molecule has 0 aliphatic carbocycles. The number of hydrogen-bond donors (Lipinski definition) is 1. The third-order valence-electron chi connectivity index (χ3n) is 3.03. The number of nitrogens with one attached hydrogen (secondary N) is 1. The Morgan fingerprint density at radius 1 is 1.67 bits per heavy atom. The maximum atomic E-state index is 3.64. The van der Waals surface area contributed by atoms with Crippen LogP contribution >= 0.6 is 11.8 Å². The van der Waals surface area contributed by atoms with Gasteiger partial charge in [-0.15, -0.1) is 11.8 Å². The summed E-state index contributed by atoms with van der Waals surface area (Å²) in [6, 6.07) is 0. The lowest BCUT2D eigenvalue weighted by molar-refractivity contribution is 0.338. The lowest BCUT2D eigenvalue weighted by atomic mass is 9.99. The molecule has 0 aromatic carbocycles. The van der Waals surface area contributed by atoms with E-state index < -0.39 is 0 Å². The zero-order valence-corrected chi connectivity index (χ0v) is 9.50. The molecule has 1 N–H and O–H groups in total. The van der Waals surface area contributed by atoms with Crippen molar-refractivity contribution in [2.75, 3.05) is 6.54 Å². The number of thioether (sulfide) groups is 1. The van der Waals surface area contributed by atoms with E-state index in [1.165, 1.54) is 19.4 Å². The Hall–Kier alpha value is 0.310. The minimum Gasteiger partial charge on any atom is -0.303 e. The van der Waals surface area contributed by atoms with E-state index >= 15 is 0 Å². The first-order chi connectivity index (χ1) is 5.58. The standard InChI is InChI=1S/C10H21NS/c1-5-8(2)10(4)11-7-6-9(3)12-10/h8-9,11H,5-7H2,1-4H3. The Bertz CT molecular complexity index is 149. The van der Waals surface area contributed by atoms with Gasteiger partial charge in [0.05, 0.1) is 4.87 Å². The topological polar surface area (TPSA) is 12.0 Å². The molecule has 1 saturated heterocycles. The van der Waals surface area contributed by atoms with Crippen LogP contribution in [0.2, 0.25) is 0 Å². The molecule has 3 atom stereocenters. The average Bonchev–Trinajstić information content (AvgIpc) is 2.02. The molecule has 1 heterocycles. The van der Waals surface area contributed by atoms with E-state index in [4.69, 9.17) is 0 Å². The van der Waals surface area contributed by atoms with Crippen molar-refractivity contribution in [2.24, 2.45) is 5.92 Å². The van der Waals surface area contributed by atoms with Gasteiger partial charge in [-0.3, -0.25) is 0 Å². The Labute approximate surface area is 80.7 Å². The van der Waals surface area contributed by atoms with Crippen LogP contribution in [-0.4, -0.2) is 16.7 Å². The van der Waals surface area contributed by atoms with Crippen molar-refractivity contribution in [1.82, 2.24) is 5.32 Å². The van der Waals surface area contributed by atoms with E-state index in [1.807, 2.05) is 0 Å². The van der Waals surface area contributed by atoms with Crippen LogP contribution < -0.4 is 5.32 Å². The van der Waals surface area contributed by atoms with Gasteiger partial charge in [0.1, 0.15) is 0 Å². The first-order valence-electron chi connectivity index (χ1n) is 5.01. The highest BCUT2D eigenvalue weighted by atomic mass is 32.2. The number of hydrogen-bond acceptors (Lipinski definition) is 2. The third kappa shape index (κ3) is 2.17. The zero-order chi connectivity index (χ0) is 9.19. The fraction of sp³-hybridized carbons (Fsp3) is 1.00. The molecule has 1 nitrogen and oxygen atoms in total. The summed E-state index contributed by atoms with van der Waals surface area (Å²) in [5.74, 6) is 0.769. The fourth-order valence-corrected chi connectivity index (χ4v) is 3.38. The molecule has 0 amide bonds. The maximum Gasteiger partial charge on any atom is 0.0645 e. The quantitative estimate of drug-likeness (QED) is 0.713. The Balaban J connectivity index is 2.56. The minimum absolute atomic E-state index is 0.326. The van der Waals surface area contributed by atoms with E-state index in [2.05, 4.69) is 44.8 Å². The van der Waals surface area contributed by atoms with Crippen molar-refractivity contribution in [3.63, 3.8) is 0 Å². The summed E-state index contributed by atoms with van der Waals surface area (Å²) in [6.45, 7) is 10.5. The van der Waals surface area contributed by atoms with Gasteiger partial charge in [0, 0.05) is 5.25 Å². The average molecular weight is 187 g/mol. The summed E-state index contributed by atoms with van der Waals surface area (Å²) < 4.78 is 0. The minimum atomic E-state index is 0.326. The van der Waals surface area contributed by atoms with Crippen LogP contribution in [0, 0.1) is 5.92 Å². The van der Waals surface area contributed by atoms with Crippen LogP contribution in [0.1, 0.15) is 40.5 Å². The van der Waals surface area contributed by atoms with Gasteiger partial charge in [0.25, 0.3) is 0 Å². The molecule has 2 heteroatoms. The highest BCUT2D eigenvalue weighted by molar-refractivity contribution is 8.01. The molecule has 0 aromatic heterocycles. The molecule has 1 aliphatic rings. The van der Waals surface area contributed by atoms with Crippen LogP contribution in [0.4, 0.5) is 0 Å². The van der Waals surface area contributed by atoms with Crippen molar-refractivity contribution >= 4 is 11.8 Å². The summed E-state index contributed by atoms with van der Waals surface area (Å²) in [4.78, 5) is 0.326. The summed E-state index contributed by atoms with van der Waals surface area (Å²) in [7, 11) is 0. The van der Waals surface area contributed by atoms with Gasteiger partial charge in [-0.2, -0.15) is 0 Å². The van der Waals surface area contributed by atoms with Crippen LogP contribution in [0.3, 0.4) is 0 Å². The van der Waals surface area contributed by atoms with Crippen molar-refractivity contribution in [3.05, 3.63) is 0 Å². The Kier molecular flexibility index (Phi) is 3.47. The van der Waals surface area contributed by atoms with Crippen LogP contribution in [-0.2, 0) is 0 Å². The molecule has 1 rings (SSSR count). The highest BCUT2D eigenvalue weighted by Crippen LogP contribution is 2.38. The van der Waals surface area contributed by atoms with Crippen LogP contribution in [0.15, 0.2) is 0 Å². The lowest BCUT2D eigenvalue weighted by Gasteiger charge is -2.41. The summed E-state index contributed by atoms with van der Waals surface area (Å²) in [6.07, 6.45) is 2.58. The summed E-state index contributed by atoms with van der Waals surface area (Å²) in [5.41, 5.74) is 0. The van der Waals surface area contributed by atoms with E-state index in [9.17, 15) is 0 Å². The van der Waals surface area contributed by atoms with Gasteiger partial charge in [-0.1, -0.05) is 27.2 Å². The normalized spacial score (nSPS) is 39.5. The van der Waals surface area contributed by atoms with Gasteiger partial charge in [0.15, 0.2) is 0 Å². The first kappa shape index (κ1) is 10.4. The molecular formula is C10H21NS. The van der Waals surface area contributed by atoms with Crippen molar-refractivity contribution in [3.8, 4) is 0 Å². The van der Waals surface area contributed by atoms with Gasteiger partial charge in [-0.05, 0) is 25.8 Å². The maximum absolute atomic E-state index is 3.64. The van der Waals surface area contributed by atoms with E-state index in [0.717, 1.165) is 11.2 Å². The van der Waals surface area contributed by atoms with Crippen molar-refractivity contribution in [2.45, 2.75) is 50.7 Å². The second-order valence-electron chi connectivity index (χ2n) is 4.06. The molecule has 0 saturated carbocycles. The zero-order valence-electron chi connectivity index (χ0n) is 8.68. The number of rotatable bonds is 2. The van der Waals surface area contributed by atoms with Crippen molar-refractivity contribution < 1.29 is 0 Å². The van der Waals surface area contributed by atoms with Gasteiger partial charge < -0.3 is 5.32 Å². The molecular weight excluding hydrogens is 166 g/mol.